The van der Waals surface area contributed by atoms with E-state index >= 15 is 0 Å². The van der Waals surface area contributed by atoms with Gasteiger partial charge in [-0.3, -0.25) is 9.59 Å². The number of nitrogens with one attached hydrogen (secondary N) is 2. The normalized spacial score (nSPS) is 11.3. The molecule has 8 nitrogen and oxygen atoms in total. The summed E-state index contributed by atoms with van der Waals surface area (Å²) >= 11 is 3.33. The summed E-state index contributed by atoms with van der Waals surface area (Å²) in [6, 6.07) is 9.82. The van der Waals surface area contributed by atoms with Crippen molar-refractivity contribution in [1.82, 2.24) is 25.5 Å². The van der Waals surface area contributed by atoms with Gasteiger partial charge in [-0.15, -0.1) is 10.2 Å². The summed E-state index contributed by atoms with van der Waals surface area (Å²) in [5.41, 5.74) is 0.742. The number of hydrogen-bond acceptors (Lipinski definition) is 5. The number of aromatic nitrogens is 4. The second kappa shape index (κ2) is 9.25. The van der Waals surface area contributed by atoms with Crippen LogP contribution in [0.25, 0.3) is 11.4 Å². The molecule has 0 saturated carbocycles. The zero-order valence-corrected chi connectivity index (χ0v) is 17.7. The molecule has 0 aliphatic heterocycles. The molecule has 2 aromatic carbocycles. The van der Waals surface area contributed by atoms with E-state index in [4.69, 9.17) is 0 Å². The maximum Gasteiger partial charge on any atom is 0.416 e. The molecule has 0 aliphatic rings. The van der Waals surface area contributed by atoms with Gasteiger partial charge in [-0.1, -0.05) is 28.1 Å². The first-order valence-electron chi connectivity index (χ1n) is 8.90. The lowest BCUT2D eigenvalue weighted by Gasteiger charge is -2.09. The Bertz CT molecular complexity index is 1120. The van der Waals surface area contributed by atoms with Crippen LogP contribution in [0.4, 0.5) is 18.9 Å². The Morgan fingerprint density at radius 3 is 2.61 bits per heavy atom. The quantitative estimate of drug-likeness (QED) is 0.545. The molecule has 2 amide bonds. The molecule has 0 fully saturated rings. The molecule has 31 heavy (non-hydrogen) atoms. The standard InChI is InChI=1S/C19H16BrF3N6O2/c1-11-7-14(20)5-6-15(11)25-16(30)9-24-17(31)10-29-27-18(26-28-29)12-3-2-4-13(8-12)19(21,22)23/h2-8H,9-10H2,1H3,(H,24,31)(H,25,30). The van der Waals surface area contributed by atoms with E-state index in [1.54, 1.807) is 12.1 Å². The van der Waals surface area contributed by atoms with Gasteiger partial charge >= 0.3 is 6.18 Å². The van der Waals surface area contributed by atoms with Crippen LogP contribution in [0, 0.1) is 6.92 Å². The van der Waals surface area contributed by atoms with Crippen molar-refractivity contribution in [3.05, 3.63) is 58.1 Å². The van der Waals surface area contributed by atoms with Crippen molar-refractivity contribution in [1.29, 1.82) is 0 Å². The number of rotatable bonds is 6. The summed E-state index contributed by atoms with van der Waals surface area (Å²) in [6.45, 7) is 1.21. The molecule has 162 valence electrons. The van der Waals surface area contributed by atoms with Crippen molar-refractivity contribution in [3.8, 4) is 11.4 Å². The highest BCUT2D eigenvalue weighted by Gasteiger charge is 2.30. The first kappa shape index (κ1) is 22.4. The average Bonchev–Trinajstić information content (AvgIpc) is 3.16. The molecular weight excluding hydrogens is 481 g/mol. The summed E-state index contributed by atoms with van der Waals surface area (Å²) in [7, 11) is 0. The van der Waals surface area contributed by atoms with Crippen molar-refractivity contribution in [2.75, 3.05) is 11.9 Å². The highest BCUT2D eigenvalue weighted by Crippen LogP contribution is 2.31. The van der Waals surface area contributed by atoms with E-state index in [-0.39, 0.29) is 24.5 Å². The Balaban J connectivity index is 1.55. The molecule has 1 heterocycles. The third-order valence-electron chi connectivity index (χ3n) is 4.09. The number of halogens is 4. The van der Waals surface area contributed by atoms with Crippen LogP contribution in [0.3, 0.4) is 0 Å². The lowest BCUT2D eigenvalue weighted by Crippen LogP contribution is -2.35. The molecule has 0 atom stereocenters. The largest absolute Gasteiger partial charge is 0.416 e. The number of benzene rings is 2. The molecule has 0 unspecified atom stereocenters. The van der Waals surface area contributed by atoms with Crippen molar-refractivity contribution in [2.45, 2.75) is 19.6 Å². The molecular formula is C19H16BrF3N6O2. The van der Waals surface area contributed by atoms with Crippen molar-refractivity contribution >= 4 is 33.4 Å². The van der Waals surface area contributed by atoms with Crippen LogP contribution in [-0.2, 0) is 22.3 Å². The molecule has 2 N–H and O–H groups in total. The molecule has 0 spiro atoms. The molecule has 3 rings (SSSR count). The van der Waals surface area contributed by atoms with E-state index < -0.39 is 23.6 Å². The van der Waals surface area contributed by atoms with Gasteiger partial charge in [0.25, 0.3) is 0 Å². The van der Waals surface area contributed by atoms with Crippen molar-refractivity contribution < 1.29 is 22.8 Å². The van der Waals surface area contributed by atoms with E-state index in [1.165, 1.54) is 12.1 Å². The number of tetrazole rings is 1. The minimum Gasteiger partial charge on any atom is -0.345 e. The summed E-state index contributed by atoms with van der Waals surface area (Å²) in [4.78, 5) is 25.0. The Morgan fingerprint density at radius 2 is 1.90 bits per heavy atom. The SMILES string of the molecule is Cc1cc(Br)ccc1NC(=O)CNC(=O)Cn1nnc(-c2cccc(C(F)(F)F)c2)n1. The number of amides is 2. The number of alkyl halides is 3. The first-order chi connectivity index (χ1) is 14.6. The van der Waals surface area contributed by atoms with Crippen molar-refractivity contribution in [3.63, 3.8) is 0 Å². The fourth-order valence-electron chi connectivity index (χ4n) is 2.59. The highest BCUT2D eigenvalue weighted by molar-refractivity contribution is 9.10. The third kappa shape index (κ3) is 6.10. The Kier molecular flexibility index (Phi) is 6.68. The fraction of sp³-hybridized carbons (Fsp3) is 0.211. The van der Waals surface area contributed by atoms with Gasteiger partial charge in [0.05, 0.1) is 12.1 Å². The van der Waals surface area contributed by atoms with Gasteiger partial charge in [-0.2, -0.15) is 18.0 Å². The van der Waals surface area contributed by atoms with Gasteiger partial charge < -0.3 is 10.6 Å². The van der Waals surface area contributed by atoms with Crippen LogP contribution in [0.5, 0.6) is 0 Å². The van der Waals surface area contributed by atoms with Gasteiger partial charge in [0.15, 0.2) is 0 Å². The van der Waals surface area contributed by atoms with E-state index in [0.29, 0.717) is 5.69 Å². The lowest BCUT2D eigenvalue weighted by atomic mass is 10.1. The average molecular weight is 497 g/mol. The Labute approximate surface area is 183 Å². The topological polar surface area (TPSA) is 102 Å². The smallest absolute Gasteiger partial charge is 0.345 e. The Hall–Kier alpha value is -3.28. The van der Waals surface area contributed by atoms with Crippen LogP contribution >= 0.6 is 15.9 Å². The number of nitrogens with zero attached hydrogens (tertiary/aromatic N) is 4. The molecule has 3 aromatic rings. The number of carbonyl (C=O) groups is 2. The van der Waals surface area contributed by atoms with E-state index in [1.807, 2.05) is 13.0 Å². The summed E-state index contributed by atoms with van der Waals surface area (Å²) < 4.78 is 39.4. The fourth-order valence-corrected chi connectivity index (χ4v) is 3.06. The molecule has 0 saturated heterocycles. The van der Waals surface area contributed by atoms with Crippen LogP contribution < -0.4 is 10.6 Å². The third-order valence-corrected chi connectivity index (χ3v) is 4.59. The minimum absolute atomic E-state index is 0.0534. The molecule has 0 bridgehead atoms. The summed E-state index contributed by atoms with van der Waals surface area (Å²) in [5, 5.41) is 16.4. The number of anilines is 1. The van der Waals surface area contributed by atoms with Crippen LogP contribution in [0.1, 0.15) is 11.1 Å². The first-order valence-corrected chi connectivity index (χ1v) is 9.69. The second-order valence-electron chi connectivity index (χ2n) is 6.51. The van der Waals surface area contributed by atoms with Gasteiger partial charge in [-0.25, -0.2) is 0 Å². The van der Waals surface area contributed by atoms with Crippen LogP contribution in [0.15, 0.2) is 46.9 Å². The van der Waals surface area contributed by atoms with Crippen LogP contribution in [0.2, 0.25) is 0 Å². The Morgan fingerprint density at radius 1 is 1.13 bits per heavy atom. The zero-order chi connectivity index (χ0) is 22.6. The highest BCUT2D eigenvalue weighted by atomic mass is 79.9. The minimum atomic E-state index is -4.50. The van der Waals surface area contributed by atoms with Crippen molar-refractivity contribution in [2.24, 2.45) is 0 Å². The maximum absolute atomic E-state index is 12.8. The predicted molar refractivity (Wildman–Crippen MR) is 109 cm³/mol. The monoisotopic (exact) mass is 496 g/mol. The van der Waals surface area contributed by atoms with Crippen LogP contribution in [-0.4, -0.2) is 38.6 Å². The number of aryl methyl sites for hydroxylation is 1. The number of hydrogen-bond donors (Lipinski definition) is 2. The molecule has 12 heteroatoms. The summed E-state index contributed by atoms with van der Waals surface area (Å²) in [6.07, 6.45) is -4.50. The number of carbonyl (C=O) groups excluding carboxylic acids is 2. The van der Waals surface area contributed by atoms with Gasteiger partial charge in [0.1, 0.15) is 6.54 Å². The molecule has 1 aromatic heterocycles. The molecule has 0 radical (unpaired) electrons. The van der Waals surface area contributed by atoms with E-state index in [2.05, 4.69) is 42.0 Å². The maximum atomic E-state index is 12.8. The predicted octanol–water partition coefficient (Wildman–Crippen LogP) is 3.18. The lowest BCUT2D eigenvalue weighted by molar-refractivity contribution is -0.137. The van der Waals surface area contributed by atoms with E-state index in [9.17, 15) is 22.8 Å². The van der Waals surface area contributed by atoms with E-state index in [0.717, 1.165) is 27.0 Å². The second-order valence-corrected chi connectivity index (χ2v) is 7.42. The summed E-state index contributed by atoms with van der Waals surface area (Å²) in [5.74, 6) is -1.03. The van der Waals surface area contributed by atoms with Gasteiger partial charge in [-0.05, 0) is 48.0 Å². The van der Waals surface area contributed by atoms with Gasteiger partial charge in [0, 0.05) is 15.7 Å². The zero-order valence-electron chi connectivity index (χ0n) is 16.1. The van der Waals surface area contributed by atoms with Gasteiger partial charge in [0.2, 0.25) is 17.6 Å². The molecule has 0 aliphatic carbocycles.